The van der Waals surface area contributed by atoms with E-state index in [2.05, 4.69) is 16.2 Å². The molecule has 0 amide bonds. The zero-order valence-electron chi connectivity index (χ0n) is 17.2. The lowest BCUT2D eigenvalue weighted by atomic mass is 9.84. The molecule has 0 saturated carbocycles. The number of halogens is 17. The third kappa shape index (κ3) is 4.79. The summed E-state index contributed by atoms with van der Waals surface area (Å²) in [5.74, 6) is -53.8. The lowest BCUT2D eigenvalue weighted by Gasteiger charge is -2.47. The Labute approximate surface area is 194 Å². The van der Waals surface area contributed by atoms with Gasteiger partial charge in [0.1, 0.15) is 0 Å². The van der Waals surface area contributed by atoms with E-state index >= 15 is 4.39 Å². The van der Waals surface area contributed by atoms with Crippen molar-refractivity contribution >= 4 is 0 Å². The highest BCUT2D eigenvalue weighted by molar-refractivity contribution is 5.19. The first kappa shape index (κ1) is 32.9. The van der Waals surface area contributed by atoms with Crippen LogP contribution < -0.4 is 11.5 Å². The molecule has 0 aliphatic rings. The minimum Gasteiger partial charge on any atom is -0.331 e. The van der Waals surface area contributed by atoms with Crippen LogP contribution in [0.5, 0.6) is 0 Å². The van der Waals surface area contributed by atoms with Gasteiger partial charge in [-0.2, -0.15) is 57.1 Å². The smallest absolute Gasteiger partial charge is 0.331 e. The molecule has 0 fully saturated rings. The maximum atomic E-state index is 15.2. The molecule has 3 nitrogen and oxygen atoms in total. The van der Waals surface area contributed by atoms with Crippen LogP contribution in [0.3, 0.4) is 0 Å². The number of hydrogen-bond acceptors (Lipinski definition) is 3. The van der Waals surface area contributed by atoms with Crippen LogP contribution in [-0.4, -0.2) is 59.9 Å². The van der Waals surface area contributed by atoms with Crippen LogP contribution in [0.4, 0.5) is 74.6 Å². The number of alkyl halides is 17. The van der Waals surface area contributed by atoms with Gasteiger partial charge in [-0.05, 0) is 5.56 Å². The first-order valence-corrected chi connectivity index (χ1v) is 9.01. The van der Waals surface area contributed by atoms with Crippen molar-refractivity contribution in [2.75, 3.05) is 0 Å². The van der Waals surface area contributed by atoms with Gasteiger partial charge in [-0.25, -0.2) is 17.6 Å². The summed E-state index contributed by atoms with van der Waals surface area (Å²) in [6.07, 6.45) is -10.9. The molecule has 0 heterocycles. The summed E-state index contributed by atoms with van der Waals surface area (Å²) in [4.78, 5) is 0. The maximum Gasteiger partial charge on any atom is 0.381 e. The van der Waals surface area contributed by atoms with Gasteiger partial charge in [-0.1, -0.05) is 30.3 Å². The van der Waals surface area contributed by atoms with E-state index < -0.39 is 72.1 Å². The highest BCUT2D eigenvalue weighted by Crippen LogP contribution is 2.62. The largest absolute Gasteiger partial charge is 0.381 e. The number of rotatable bonds is 12. The van der Waals surface area contributed by atoms with E-state index in [1.165, 1.54) is 0 Å². The summed E-state index contributed by atoms with van der Waals surface area (Å²) in [5, 5.41) is 0. The van der Waals surface area contributed by atoms with Crippen molar-refractivity contribution in [2.45, 2.75) is 66.5 Å². The lowest BCUT2D eigenvalue weighted by Crippen LogP contribution is -2.81. The van der Waals surface area contributed by atoms with Crippen molar-refractivity contribution in [3.63, 3.8) is 0 Å². The van der Waals surface area contributed by atoms with Gasteiger partial charge in [0.15, 0.2) is 0 Å². The second-order valence-electron chi connectivity index (χ2n) is 7.36. The molecule has 37 heavy (non-hydrogen) atoms. The molecule has 1 aromatic carbocycles. The van der Waals surface area contributed by atoms with E-state index in [4.69, 9.17) is 0 Å². The van der Waals surface area contributed by atoms with Gasteiger partial charge in [-0.3, -0.25) is 11.5 Å². The Morgan fingerprint density at radius 1 is 0.622 bits per heavy atom. The summed E-state index contributed by atoms with van der Waals surface area (Å²) >= 11 is 0. The zero-order chi connectivity index (χ0) is 29.7. The first-order chi connectivity index (χ1) is 16.2. The van der Waals surface area contributed by atoms with Crippen LogP contribution in [0.1, 0.15) is 5.56 Å². The number of ether oxygens (including phenoxy) is 1. The molecule has 1 rings (SSSR count). The van der Waals surface area contributed by atoms with Crippen LogP contribution in [0.15, 0.2) is 30.3 Å². The van der Waals surface area contributed by atoms with E-state index in [0.29, 0.717) is 12.1 Å². The van der Waals surface area contributed by atoms with Crippen LogP contribution in [-0.2, 0) is 11.3 Å². The maximum absolute atomic E-state index is 15.2. The van der Waals surface area contributed by atoms with Crippen LogP contribution >= 0.6 is 0 Å². The summed E-state index contributed by atoms with van der Waals surface area (Å²) in [6, 6.07) is -2.45. The fraction of sp³-hybridized carbons (Fsp3) is 0.647. The second kappa shape index (κ2) is 9.58. The Morgan fingerprint density at radius 2 is 1.05 bits per heavy atom. The second-order valence-corrected chi connectivity index (χ2v) is 7.36. The first-order valence-electron chi connectivity index (χ1n) is 9.01. The molecule has 0 radical (unpaired) electrons. The molecule has 20 heteroatoms. The molecule has 3 atom stereocenters. The Morgan fingerprint density at radius 3 is 1.43 bits per heavy atom. The minimum atomic E-state index is -8.17. The average molecular weight is 584 g/mol. The third-order valence-corrected chi connectivity index (χ3v) is 4.80. The van der Waals surface area contributed by atoms with Crippen LogP contribution in [0.2, 0.25) is 0 Å². The Bertz CT molecular complexity index is 918. The summed E-state index contributed by atoms with van der Waals surface area (Å²) in [7, 11) is 0. The van der Waals surface area contributed by atoms with Crippen molar-refractivity contribution in [1.29, 1.82) is 0 Å². The third-order valence-electron chi connectivity index (χ3n) is 4.80. The fourth-order valence-electron chi connectivity index (χ4n) is 2.55. The SMILES string of the molecule is NC(F)(F)C(F)(F)C(N)(F)C(F)(F)C(F)(OCc1ccccc1)C(F)(F)C(F)(F)C(F)(F)C(F)C(F)F. The van der Waals surface area contributed by atoms with Gasteiger partial charge in [-0.15, -0.1) is 0 Å². The number of hydrogen-bond donors (Lipinski definition) is 2. The van der Waals surface area contributed by atoms with Crippen molar-refractivity contribution in [3.05, 3.63) is 35.9 Å². The van der Waals surface area contributed by atoms with Gasteiger partial charge in [0.25, 0.3) is 12.2 Å². The van der Waals surface area contributed by atoms with Crippen molar-refractivity contribution in [1.82, 2.24) is 0 Å². The van der Waals surface area contributed by atoms with Crippen molar-refractivity contribution < 1.29 is 79.4 Å². The van der Waals surface area contributed by atoms with E-state index in [-0.39, 0.29) is 0 Å². The quantitative estimate of drug-likeness (QED) is 0.241. The topological polar surface area (TPSA) is 61.3 Å². The molecule has 0 spiro atoms. The zero-order valence-corrected chi connectivity index (χ0v) is 17.2. The normalized spacial score (nSPS) is 18.9. The molecule has 0 bridgehead atoms. The predicted molar refractivity (Wildman–Crippen MR) is 87.9 cm³/mol. The highest BCUT2D eigenvalue weighted by Gasteiger charge is 2.93. The van der Waals surface area contributed by atoms with Crippen LogP contribution in [0.25, 0.3) is 0 Å². The number of nitrogens with two attached hydrogens (primary N) is 2. The van der Waals surface area contributed by atoms with Gasteiger partial charge in [0.2, 0.25) is 6.17 Å². The molecular formula is C17H13F17N2O. The minimum absolute atomic E-state index is 0.631. The van der Waals surface area contributed by atoms with Crippen LogP contribution in [0, 0.1) is 0 Å². The van der Waals surface area contributed by atoms with Gasteiger partial charge in [0, 0.05) is 0 Å². The molecule has 4 N–H and O–H groups in total. The lowest BCUT2D eigenvalue weighted by molar-refractivity contribution is -0.465. The van der Waals surface area contributed by atoms with Gasteiger partial charge < -0.3 is 4.74 Å². The van der Waals surface area contributed by atoms with Crippen molar-refractivity contribution in [3.8, 4) is 0 Å². The Hall–Kier alpha value is -2.09. The summed E-state index contributed by atoms with van der Waals surface area (Å²) in [6.45, 7) is -2.22. The molecule has 1 aromatic rings. The molecule has 0 aromatic heterocycles. The fourth-order valence-corrected chi connectivity index (χ4v) is 2.55. The standard InChI is InChI=1S/C17H13F17N2O/c18-8(9(19)20)10(21,22)11(23,24)12(25,26)16(32,37-6-7-4-2-1-3-5-7)13(27,28)15(31,35)14(29,30)17(33,34)36/h1-5,8-9H,6,35-36H2. The van der Waals surface area contributed by atoms with E-state index in [9.17, 15) is 70.2 Å². The Balaban J connectivity index is 3.94. The van der Waals surface area contributed by atoms with E-state index in [0.717, 1.165) is 18.2 Å². The average Bonchev–Trinajstić information content (AvgIpc) is 2.75. The molecule has 0 aliphatic heterocycles. The molecule has 216 valence electrons. The number of benzene rings is 1. The summed E-state index contributed by atoms with van der Waals surface area (Å²) in [5.41, 5.74) is 6.30. The monoisotopic (exact) mass is 584 g/mol. The van der Waals surface area contributed by atoms with Gasteiger partial charge in [0.05, 0.1) is 6.61 Å². The molecule has 0 saturated heterocycles. The molecular weight excluding hydrogens is 571 g/mol. The molecule has 0 aliphatic carbocycles. The van der Waals surface area contributed by atoms with Crippen molar-refractivity contribution in [2.24, 2.45) is 11.5 Å². The summed E-state index contributed by atoms with van der Waals surface area (Å²) < 4.78 is 236. The van der Waals surface area contributed by atoms with Gasteiger partial charge >= 0.3 is 41.5 Å². The predicted octanol–water partition coefficient (Wildman–Crippen LogP) is 5.82. The Kier molecular flexibility index (Phi) is 8.53. The molecule has 3 unspecified atom stereocenters. The highest BCUT2D eigenvalue weighted by atomic mass is 19.4. The van der Waals surface area contributed by atoms with E-state index in [1.807, 2.05) is 0 Å². The van der Waals surface area contributed by atoms with E-state index in [1.54, 1.807) is 0 Å².